The van der Waals surface area contributed by atoms with Gasteiger partial charge in [0.05, 0.1) is 31.0 Å². The minimum Gasteiger partial charge on any atom is -0.467 e. The maximum Gasteiger partial charge on any atom is 0.318 e. The Labute approximate surface area is 216 Å². The summed E-state index contributed by atoms with van der Waals surface area (Å²) in [5.74, 6) is 0.846. The van der Waals surface area contributed by atoms with Crippen LogP contribution in [0.4, 0.5) is 11.5 Å². The number of halogens is 1. The van der Waals surface area contributed by atoms with E-state index in [4.69, 9.17) is 31.0 Å². The molecule has 1 fully saturated rings. The fraction of sp³-hybridized carbons (Fsp3) is 0.370. The van der Waals surface area contributed by atoms with E-state index >= 15 is 0 Å². The predicted molar refractivity (Wildman–Crippen MR) is 142 cm³/mol. The third-order valence-corrected chi connectivity index (χ3v) is 7.18. The molecule has 0 N–H and O–H groups in total. The number of fused-ring (bicyclic) bond motifs is 2. The maximum atomic E-state index is 12.6. The Bertz CT molecular complexity index is 1300. The SMILES string of the molecule is C=C(COC)C(=O)N1CCN(c2nc(OC)nc3c2CCN(c2cccc4cccc(Cl)c24)C3)CC1. The normalized spacial score (nSPS) is 15.7. The molecule has 8 nitrogen and oxygen atoms in total. The van der Waals surface area contributed by atoms with E-state index < -0.39 is 0 Å². The lowest BCUT2D eigenvalue weighted by atomic mass is 10.0. The summed E-state index contributed by atoms with van der Waals surface area (Å²) in [6, 6.07) is 12.6. The molecule has 0 aliphatic carbocycles. The molecule has 9 heteroatoms. The van der Waals surface area contributed by atoms with Crippen molar-refractivity contribution in [2.75, 3.05) is 63.4 Å². The Hall–Kier alpha value is -3.36. The van der Waals surface area contributed by atoms with Crippen LogP contribution in [-0.4, -0.2) is 74.3 Å². The largest absolute Gasteiger partial charge is 0.467 e. The zero-order valence-electron chi connectivity index (χ0n) is 20.7. The number of anilines is 2. The molecular weight excluding hydrogens is 478 g/mol. The van der Waals surface area contributed by atoms with Crippen molar-refractivity contribution in [1.82, 2.24) is 14.9 Å². The van der Waals surface area contributed by atoms with Crippen LogP contribution in [0.15, 0.2) is 48.6 Å². The van der Waals surface area contributed by atoms with Gasteiger partial charge in [-0.2, -0.15) is 9.97 Å². The number of carbonyl (C=O) groups excluding carboxylic acids is 1. The monoisotopic (exact) mass is 507 g/mol. The van der Waals surface area contributed by atoms with E-state index in [1.807, 2.05) is 17.0 Å². The highest BCUT2D eigenvalue weighted by Gasteiger charge is 2.29. The summed E-state index contributed by atoms with van der Waals surface area (Å²) in [6.45, 7) is 8.13. The molecule has 1 aromatic heterocycles. The highest BCUT2D eigenvalue weighted by Crippen LogP contribution is 2.37. The van der Waals surface area contributed by atoms with Gasteiger partial charge in [0.2, 0.25) is 0 Å². The Morgan fingerprint density at radius 3 is 2.50 bits per heavy atom. The first-order valence-corrected chi connectivity index (χ1v) is 12.4. The van der Waals surface area contributed by atoms with Crippen molar-refractivity contribution in [1.29, 1.82) is 0 Å². The first-order chi connectivity index (χ1) is 17.5. The molecule has 0 bridgehead atoms. The van der Waals surface area contributed by atoms with Crippen molar-refractivity contribution in [3.05, 3.63) is 64.8 Å². The zero-order chi connectivity index (χ0) is 25.2. The van der Waals surface area contributed by atoms with Crippen molar-refractivity contribution < 1.29 is 14.3 Å². The standard InChI is InChI=1S/C27H30ClN5O3/c1-18(17-35-2)26(34)32-14-12-31(13-15-32)25-20-10-11-33(16-22(20)29-27(30-25)36-3)23-9-5-7-19-6-4-8-21(28)24(19)23/h4-9H,1,10-17H2,2-3H3. The summed E-state index contributed by atoms with van der Waals surface area (Å²) >= 11 is 6.61. The summed E-state index contributed by atoms with van der Waals surface area (Å²) in [6.07, 6.45) is 0.805. The number of ether oxygens (including phenoxy) is 2. The molecule has 188 valence electrons. The van der Waals surface area contributed by atoms with Gasteiger partial charge in [-0.3, -0.25) is 4.79 Å². The number of rotatable bonds is 6. The van der Waals surface area contributed by atoms with Gasteiger partial charge in [-0.15, -0.1) is 0 Å². The lowest BCUT2D eigenvalue weighted by Gasteiger charge is -2.38. The van der Waals surface area contributed by atoms with Gasteiger partial charge in [0, 0.05) is 62.0 Å². The molecule has 1 saturated heterocycles. The van der Waals surface area contributed by atoms with E-state index in [9.17, 15) is 4.79 Å². The summed E-state index contributed by atoms with van der Waals surface area (Å²) < 4.78 is 10.5. The second-order valence-electron chi connectivity index (χ2n) is 9.06. The average Bonchev–Trinajstić information content (AvgIpc) is 2.91. The van der Waals surface area contributed by atoms with Gasteiger partial charge in [0.1, 0.15) is 5.82 Å². The zero-order valence-corrected chi connectivity index (χ0v) is 21.4. The topological polar surface area (TPSA) is 71.0 Å². The number of carbonyl (C=O) groups is 1. The van der Waals surface area contributed by atoms with Gasteiger partial charge in [0.25, 0.3) is 5.91 Å². The first kappa shape index (κ1) is 24.3. The predicted octanol–water partition coefficient (Wildman–Crippen LogP) is 3.71. The number of benzene rings is 2. The second kappa shape index (κ2) is 10.3. The smallest absolute Gasteiger partial charge is 0.318 e. The van der Waals surface area contributed by atoms with Crippen LogP contribution in [0.3, 0.4) is 0 Å². The fourth-order valence-corrected chi connectivity index (χ4v) is 5.35. The van der Waals surface area contributed by atoms with Crippen LogP contribution in [-0.2, 0) is 22.5 Å². The summed E-state index contributed by atoms with van der Waals surface area (Å²) in [5, 5.41) is 2.92. The number of piperazine rings is 1. The number of amides is 1. The van der Waals surface area contributed by atoms with E-state index in [-0.39, 0.29) is 12.5 Å². The van der Waals surface area contributed by atoms with Gasteiger partial charge in [-0.05, 0) is 23.9 Å². The third-order valence-electron chi connectivity index (χ3n) is 6.87. The number of hydrogen-bond donors (Lipinski definition) is 0. The van der Waals surface area contributed by atoms with Gasteiger partial charge in [-0.25, -0.2) is 0 Å². The van der Waals surface area contributed by atoms with E-state index in [0.717, 1.165) is 51.5 Å². The highest BCUT2D eigenvalue weighted by molar-refractivity contribution is 6.36. The molecule has 36 heavy (non-hydrogen) atoms. The molecule has 0 saturated carbocycles. The van der Waals surface area contributed by atoms with Gasteiger partial charge < -0.3 is 24.2 Å². The Kier molecular flexibility index (Phi) is 6.98. The lowest BCUT2D eigenvalue weighted by Crippen LogP contribution is -2.50. The van der Waals surface area contributed by atoms with Crippen LogP contribution in [0.5, 0.6) is 6.01 Å². The first-order valence-electron chi connectivity index (χ1n) is 12.1. The van der Waals surface area contributed by atoms with Crippen LogP contribution in [0.25, 0.3) is 10.8 Å². The highest BCUT2D eigenvalue weighted by atomic mass is 35.5. The van der Waals surface area contributed by atoms with E-state index in [1.165, 1.54) is 0 Å². The van der Waals surface area contributed by atoms with Crippen LogP contribution >= 0.6 is 11.6 Å². The van der Waals surface area contributed by atoms with Crippen LogP contribution in [0.1, 0.15) is 11.3 Å². The molecule has 0 atom stereocenters. The van der Waals surface area contributed by atoms with Crippen molar-refractivity contribution in [2.45, 2.75) is 13.0 Å². The molecule has 5 rings (SSSR count). The summed E-state index contributed by atoms with van der Waals surface area (Å²) in [5.41, 5.74) is 3.67. The van der Waals surface area contributed by atoms with E-state index in [1.54, 1.807) is 14.2 Å². The molecule has 2 aliphatic heterocycles. The van der Waals surface area contributed by atoms with Gasteiger partial charge >= 0.3 is 6.01 Å². The van der Waals surface area contributed by atoms with Crippen molar-refractivity contribution in [3.63, 3.8) is 0 Å². The maximum absolute atomic E-state index is 12.6. The molecule has 0 spiro atoms. The summed E-state index contributed by atoms with van der Waals surface area (Å²) in [4.78, 5) is 28.5. The molecule has 0 radical (unpaired) electrons. The Morgan fingerprint density at radius 1 is 1.03 bits per heavy atom. The minimum atomic E-state index is -0.0526. The number of methoxy groups -OCH3 is 2. The molecule has 3 aromatic rings. The molecule has 3 heterocycles. The fourth-order valence-electron chi connectivity index (χ4n) is 5.07. The lowest BCUT2D eigenvalue weighted by molar-refractivity contribution is -0.127. The van der Waals surface area contributed by atoms with Crippen molar-refractivity contribution in [3.8, 4) is 6.01 Å². The van der Waals surface area contributed by atoms with Crippen LogP contribution < -0.4 is 14.5 Å². The van der Waals surface area contributed by atoms with Gasteiger partial charge in [0.15, 0.2) is 0 Å². The molecular formula is C27H30ClN5O3. The molecule has 1 amide bonds. The third kappa shape index (κ3) is 4.58. The summed E-state index contributed by atoms with van der Waals surface area (Å²) in [7, 11) is 3.16. The average molecular weight is 508 g/mol. The molecule has 2 aliphatic rings. The molecule has 2 aromatic carbocycles. The van der Waals surface area contributed by atoms with E-state index in [2.05, 4.69) is 40.6 Å². The quantitative estimate of drug-likeness (QED) is 0.471. The Morgan fingerprint density at radius 2 is 1.78 bits per heavy atom. The molecule has 0 unspecified atom stereocenters. The number of nitrogens with zero attached hydrogens (tertiary/aromatic N) is 5. The van der Waals surface area contributed by atoms with E-state index in [0.29, 0.717) is 44.3 Å². The van der Waals surface area contributed by atoms with Crippen LogP contribution in [0, 0.1) is 0 Å². The van der Waals surface area contributed by atoms with Crippen molar-refractivity contribution in [2.24, 2.45) is 0 Å². The number of aromatic nitrogens is 2. The Balaban J connectivity index is 1.39. The minimum absolute atomic E-state index is 0.0526. The van der Waals surface area contributed by atoms with Crippen LogP contribution in [0.2, 0.25) is 5.02 Å². The van der Waals surface area contributed by atoms with Crippen molar-refractivity contribution >= 4 is 39.8 Å². The second-order valence-corrected chi connectivity index (χ2v) is 9.47. The van der Waals surface area contributed by atoms with Gasteiger partial charge in [-0.1, -0.05) is 42.4 Å². The number of hydrogen-bond acceptors (Lipinski definition) is 7.